The molecule has 1 amide bonds. The van der Waals surface area contributed by atoms with Gasteiger partial charge < -0.3 is 9.88 Å². The van der Waals surface area contributed by atoms with Gasteiger partial charge >= 0.3 is 0 Å². The Labute approximate surface area is 123 Å². The summed E-state index contributed by atoms with van der Waals surface area (Å²) in [6, 6.07) is 4.45. The third kappa shape index (κ3) is 2.98. The van der Waals surface area contributed by atoms with E-state index < -0.39 is 5.82 Å². The van der Waals surface area contributed by atoms with Gasteiger partial charge in [-0.15, -0.1) is 0 Å². The van der Waals surface area contributed by atoms with Crippen molar-refractivity contribution in [3.63, 3.8) is 0 Å². The van der Waals surface area contributed by atoms with Crippen LogP contribution in [-0.2, 0) is 7.05 Å². The Morgan fingerprint density at radius 3 is 2.68 bits per heavy atom. The number of hydrogen-bond donors (Lipinski definition) is 1. The van der Waals surface area contributed by atoms with Crippen LogP contribution in [0.3, 0.4) is 0 Å². The second kappa shape index (κ2) is 5.35. The highest BCUT2D eigenvalue weighted by molar-refractivity contribution is 9.10. The first kappa shape index (κ1) is 14.1. The molecule has 0 aliphatic carbocycles. The average molecular weight is 346 g/mol. The van der Waals surface area contributed by atoms with Gasteiger partial charge in [-0.2, -0.15) is 0 Å². The van der Waals surface area contributed by atoms with Gasteiger partial charge in [0.05, 0.1) is 9.50 Å². The largest absolute Gasteiger partial charge is 0.345 e. The molecule has 0 spiro atoms. The average Bonchev–Trinajstić information content (AvgIpc) is 2.65. The van der Waals surface area contributed by atoms with Crippen LogP contribution in [0.1, 0.15) is 16.1 Å². The van der Waals surface area contributed by atoms with Crippen LogP contribution in [-0.4, -0.2) is 10.5 Å². The van der Waals surface area contributed by atoms with Gasteiger partial charge in [0.2, 0.25) is 0 Å². The van der Waals surface area contributed by atoms with E-state index in [0.29, 0.717) is 20.9 Å². The smallest absolute Gasteiger partial charge is 0.272 e. The molecule has 2 rings (SSSR count). The Bertz CT molecular complexity index is 654. The predicted octanol–water partition coefficient (Wildman–Crippen LogP) is 4.14. The second-order valence-electron chi connectivity index (χ2n) is 4.19. The summed E-state index contributed by atoms with van der Waals surface area (Å²) in [5, 5.41) is 3.15. The number of carbonyl (C=O) groups excluding carboxylic acids is 1. The monoisotopic (exact) mass is 344 g/mol. The van der Waals surface area contributed by atoms with E-state index in [1.165, 1.54) is 6.07 Å². The van der Waals surface area contributed by atoms with Crippen molar-refractivity contribution < 1.29 is 9.18 Å². The van der Waals surface area contributed by atoms with Gasteiger partial charge in [-0.05, 0) is 46.6 Å². The molecule has 0 aliphatic heterocycles. The summed E-state index contributed by atoms with van der Waals surface area (Å²) in [6.07, 6.45) is 1.63. The van der Waals surface area contributed by atoms with Gasteiger partial charge in [-0.25, -0.2) is 4.39 Å². The van der Waals surface area contributed by atoms with E-state index in [9.17, 15) is 9.18 Å². The highest BCUT2D eigenvalue weighted by atomic mass is 79.9. The van der Waals surface area contributed by atoms with Crippen molar-refractivity contribution in [2.24, 2.45) is 7.05 Å². The minimum absolute atomic E-state index is 0.334. The van der Waals surface area contributed by atoms with Crippen molar-refractivity contribution in [2.45, 2.75) is 6.92 Å². The zero-order valence-electron chi connectivity index (χ0n) is 10.3. The zero-order chi connectivity index (χ0) is 14.2. The highest BCUT2D eigenvalue weighted by Crippen LogP contribution is 2.24. The first-order valence-electron chi connectivity index (χ1n) is 5.47. The summed E-state index contributed by atoms with van der Waals surface area (Å²) < 4.78 is 15.4. The Hall–Kier alpha value is -1.33. The molecule has 0 aliphatic rings. The van der Waals surface area contributed by atoms with Gasteiger partial charge in [0.25, 0.3) is 5.91 Å². The van der Waals surface area contributed by atoms with Crippen molar-refractivity contribution in [2.75, 3.05) is 5.32 Å². The molecule has 0 atom stereocenters. The maximum Gasteiger partial charge on any atom is 0.272 e. The summed E-state index contributed by atoms with van der Waals surface area (Å²) in [6.45, 7) is 1.79. The minimum atomic E-state index is -0.425. The Kier molecular flexibility index (Phi) is 3.96. The lowest BCUT2D eigenvalue weighted by atomic mass is 10.2. The van der Waals surface area contributed by atoms with Crippen LogP contribution in [0, 0.1) is 12.7 Å². The van der Waals surface area contributed by atoms with Crippen LogP contribution in [0.2, 0.25) is 5.02 Å². The van der Waals surface area contributed by atoms with E-state index in [1.807, 2.05) is 0 Å². The minimum Gasteiger partial charge on any atom is -0.345 e. The molecule has 1 aromatic heterocycles. The van der Waals surface area contributed by atoms with E-state index in [4.69, 9.17) is 11.6 Å². The number of amides is 1. The third-order valence-corrected chi connectivity index (χ3v) is 3.53. The van der Waals surface area contributed by atoms with E-state index in [1.54, 1.807) is 36.9 Å². The van der Waals surface area contributed by atoms with E-state index in [2.05, 4.69) is 21.2 Å². The van der Waals surface area contributed by atoms with Crippen molar-refractivity contribution in [3.8, 4) is 0 Å². The Balaban J connectivity index is 2.29. The molecular weight excluding hydrogens is 335 g/mol. The number of nitrogens with one attached hydrogen (secondary N) is 1. The molecule has 3 nitrogen and oxygen atoms in total. The molecule has 0 fully saturated rings. The van der Waals surface area contributed by atoms with Gasteiger partial charge in [0, 0.05) is 18.9 Å². The topological polar surface area (TPSA) is 34.0 Å². The van der Waals surface area contributed by atoms with E-state index in [-0.39, 0.29) is 5.91 Å². The maximum absolute atomic E-state index is 13.5. The fourth-order valence-corrected chi connectivity index (χ4v) is 2.42. The fourth-order valence-electron chi connectivity index (χ4n) is 1.72. The van der Waals surface area contributed by atoms with Crippen molar-refractivity contribution in [1.82, 2.24) is 4.57 Å². The van der Waals surface area contributed by atoms with Crippen molar-refractivity contribution in [1.29, 1.82) is 0 Å². The summed E-state index contributed by atoms with van der Waals surface area (Å²) in [5.41, 5.74) is 1.61. The summed E-state index contributed by atoms with van der Waals surface area (Å²) >= 11 is 8.92. The molecule has 0 radical (unpaired) electrons. The molecule has 0 bridgehead atoms. The molecule has 19 heavy (non-hydrogen) atoms. The van der Waals surface area contributed by atoms with Crippen LogP contribution in [0.15, 0.2) is 28.9 Å². The van der Waals surface area contributed by atoms with Gasteiger partial charge in [-0.1, -0.05) is 11.6 Å². The second-order valence-corrected chi connectivity index (χ2v) is 5.48. The fraction of sp³-hybridized carbons (Fsp3) is 0.154. The van der Waals surface area contributed by atoms with Crippen molar-refractivity contribution >= 4 is 39.1 Å². The van der Waals surface area contributed by atoms with Gasteiger partial charge in [0.1, 0.15) is 11.5 Å². The first-order valence-corrected chi connectivity index (χ1v) is 6.64. The number of carbonyl (C=O) groups is 1. The predicted molar refractivity (Wildman–Crippen MR) is 77.2 cm³/mol. The number of aryl methyl sites for hydroxylation is 2. The number of anilines is 1. The molecule has 0 saturated heterocycles. The van der Waals surface area contributed by atoms with E-state index >= 15 is 0 Å². The molecule has 0 saturated carbocycles. The molecule has 1 aromatic carbocycles. The number of nitrogens with zero attached hydrogens (tertiary/aromatic N) is 1. The third-order valence-electron chi connectivity index (χ3n) is 2.72. The number of halogens is 3. The Morgan fingerprint density at radius 2 is 2.11 bits per heavy atom. The lowest BCUT2D eigenvalue weighted by Crippen LogP contribution is -2.16. The highest BCUT2D eigenvalue weighted by Gasteiger charge is 2.13. The van der Waals surface area contributed by atoms with Crippen LogP contribution in [0.5, 0.6) is 0 Å². The number of benzene rings is 1. The summed E-state index contributed by atoms with van der Waals surface area (Å²) in [4.78, 5) is 12.1. The molecular formula is C13H11BrClFN2O. The van der Waals surface area contributed by atoms with Crippen LogP contribution >= 0.6 is 27.5 Å². The Morgan fingerprint density at radius 1 is 1.42 bits per heavy atom. The van der Waals surface area contributed by atoms with Crippen LogP contribution in [0.25, 0.3) is 0 Å². The van der Waals surface area contributed by atoms with Gasteiger partial charge in [0.15, 0.2) is 0 Å². The number of hydrogen-bond acceptors (Lipinski definition) is 1. The van der Waals surface area contributed by atoms with Crippen LogP contribution in [0.4, 0.5) is 10.1 Å². The number of aromatic nitrogens is 1. The molecule has 100 valence electrons. The lowest BCUT2D eigenvalue weighted by molar-refractivity contribution is 0.101. The summed E-state index contributed by atoms with van der Waals surface area (Å²) in [5.74, 6) is -0.759. The molecule has 1 heterocycles. The standard InChI is InChI=1S/C13H11BrClFN2O/c1-7-3-9(14)10(16)5-11(7)17-13(19)12-4-8(15)6-18(12)2/h3-6H,1-2H3,(H,17,19). The number of rotatable bonds is 2. The summed E-state index contributed by atoms with van der Waals surface area (Å²) in [7, 11) is 1.72. The zero-order valence-corrected chi connectivity index (χ0v) is 12.6. The van der Waals surface area contributed by atoms with Gasteiger partial charge in [-0.3, -0.25) is 4.79 Å². The van der Waals surface area contributed by atoms with Crippen LogP contribution < -0.4 is 5.32 Å². The molecule has 6 heteroatoms. The maximum atomic E-state index is 13.5. The van der Waals surface area contributed by atoms with E-state index in [0.717, 1.165) is 5.56 Å². The normalized spacial score (nSPS) is 10.6. The molecule has 0 unspecified atom stereocenters. The quantitative estimate of drug-likeness (QED) is 0.872. The SMILES string of the molecule is Cc1cc(Br)c(F)cc1NC(=O)c1cc(Cl)cn1C. The first-order chi connectivity index (χ1) is 8.88. The molecule has 1 N–H and O–H groups in total. The molecule has 2 aromatic rings. The van der Waals surface area contributed by atoms with Crippen molar-refractivity contribution in [3.05, 3.63) is 51.0 Å². The lowest BCUT2D eigenvalue weighted by Gasteiger charge is -2.10.